The summed E-state index contributed by atoms with van der Waals surface area (Å²) in [4.78, 5) is 10.6. The molecule has 0 saturated carbocycles. The SMILES string of the molecule is O=C(O)c1ccc(Nc2cccc(Cl)c2)nn1. The minimum absolute atomic E-state index is 0.0957. The molecule has 0 spiro atoms. The number of halogens is 1. The predicted octanol–water partition coefficient (Wildman–Crippen LogP) is 2.57. The van der Waals surface area contributed by atoms with Crippen LogP contribution in [0.25, 0.3) is 0 Å². The number of anilines is 2. The first-order chi connectivity index (χ1) is 8.15. The molecule has 0 bridgehead atoms. The maximum absolute atomic E-state index is 10.6. The Hall–Kier alpha value is -2.14. The van der Waals surface area contributed by atoms with E-state index in [1.54, 1.807) is 18.2 Å². The number of benzene rings is 1. The van der Waals surface area contributed by atoms with Crippen LogP contribution < -0.4 is 5.32 Å². The Kier molecular flexibility index (Phi) is 3.20. The van der Waals surface area contributed by atoms with E-state index >= 15 is 0 Å². The molecule has 0 aliphatic carbocycles. The Bertz CT molecular complexity index is 543. The summed E-state index contributed by atoms with van der Waals surface area (Å²) in [6, 6.07) is 10.0. The van der Waals surface area contributed by atoms with Gasteiger partial charge in [-0.05, 0) is 30.3 Å². The van der Waals surface area contributed by atoms with Gasteiger partial charge >= 0.3 is 5.97 Å². The highest BCUT2D eigenvalue weighted by atomic mass is 35.5. The molecule has 1 aromatic carbocycles. The fraction of sp³-hybridized carbons (Fsp3) is 0. The van der Waals surface area contributed by atoms with Crippen molar-refractivity contribution in [3.05, 3.63) is 47.1 Å². The normalized spacial score (nSPS) is 9.94. The van der Waals surface area contributed by atoms with Crippen LogP contribution in [0.15, 0.2) is 36.4 Å². The largest absolute Gasteiger partial charge is 0.476 e. The van der Waals surface area contributed by atoms with E-state index < -0.39 is 5.97 Å². The Labute approximate surface area is 102 Å². The van der Waals surface area contributed by atoms with Crippen molar-refractivity contribution in [1.82, 2.24) is 10.2 Å². The highest BCUT2D eigenvalue weighted by Crippen LogP contribution is 2.18. The second kappa shape index (κ2) is 4.80. The maximum atomic E-state index is 10.6. The number of carbonyl (C=O) groups is 1. The van der Waals surface area contributed by atoms with Crippen LogP contribution in [0.1, 0.15) is 10.5 Å². The van der Waals surface area contributed by atoms with Crippen LogP contribution in [0, 0.1) is 0 Å². The summed E-state index contributed by atoms with van der Waals surface area (Å²) in [5, 5.41) is 19.5. The number of hydrogen-bond donors (Lipinski definition) is 2. The molecule has 0 fully saturated rings. The standard InChI is InChI=1S/C11H8ClN3O2/c12-7-2-1-3-8(6-7)13-10-5-4-9(11(16)17)14-15-10/h1-6H,(H,13,15)(H,16,17). The third-order valence-electron chi connectivity index (χ3n) is 1.98. The Morgan fingerprint density at radius 1 is 1.24 bits per heavy atom. The molecule has 5 nitrogen and oxygen atoms in total. The molecule has 0 unspecified atom stereocenters. The Balaban J connectivity index is 2.16. The van der Waals surface area contributed by atoms with Gasteiger partial charge in [0.25, 0.3) is 0 Å². The van der Waals surface area contributed by atoms with E-state index in [9.17, 15) is 4.79 Å². The second-order valence-corrected chi connectivity index (χ2v) is 3.68. The average molecular weight is 250 g/mol. The molecule has 1 heterocycles. The van der Waals surface area contributed by atoms with E-state index in [-0.39, 0.29) is 5.69 Å². The van der Waals surface area contributed by atoms with Gasteiger partial charge in [0.05, 0.1) is 0 Å². The fourth-order valence-electron chi connectivity index (χ4n) is 1.23. The fourth-order valence-corrected chi connectivity index (χ4v) is 1.42. The first-order valence-corrected chi connectivity index (χ1v) is 5.12. The predicted molar refractivity (Wildman–Crippen MR) is 63.7 cm³/mol. The molecule has 0 aliphatic heterocycles. The molecule has 2 rings (SSSR count). The number of carboxylic acid groups (broad SMARTS) is 1. The van der Waals surface area contributed by atoms with Crippen molar-refractivity contribution in [2.45, 2.75) is 0 Å². The zero-order valence-corrected chi connectivity index (χ0v) is 9.35. The molecule has 0 saturated heterocycles. The minimum Gasteiger partial charge on any atom is -0.476 e. The lowest BCUT2D eigenvalue weighted by Gasteiger charge is -2.04. The van der Waals surface area contributed by atoms with Gasteiger partial charge in [-0.25, -0.2) is 4.79 Å². The van der Waals surface area contributed by atoms with Gasteiger partial charge in [-0.2, -0.15) is 0 Å². The van der Waals surface area contributed by atoms with E-state index in [4.69, 9.17) is 16.7 Å². The topological polar surface area (TPSA) is 75.1 Å². The van der Waals surface area contributed by atoms with Gasteiger partial charge in [-0.1, -0.05) is 17.7 Å². The lowest BCUT2D eigenvalue weighted by molar-refractivity contribution is 0.0689. The van der Waals surface area contributed by atoms with Crippen LogP contribution in [0.2, 0.25) is 5.02 Å². The van der Waals surface area contributed by atoms with Crippen molar-refractivity contribution in [2.24, 2.45) is 0 Å². The number of nitrogens with one attached hydrogen (secondary N) is 1. The molecule has 86 valence electrons. The van der Waals surface area contributed by atoms with Crippen LogP contribution in [-0.4, -0.2) is 21.3 Å². The highest BCUT2D eigenvalue weighted by molar-refractivity contribution is 6.30. The van der Waals surface area contributed by atoms with Crippen molar-refractivity contribution in [2.75, 3.05) is 5.32 Å². The van der Waals surface area contributed by atoms with Gasteiger partial charge in [0.15, 0.2) is 11.5 Å². The van der Waals surface area contributed by atoms with Crippen molar-refractivity contribution in [1.29, 1.82) is 0 Å². The second-order valence-electron chi connectivity index (χ2n) is 3.24. The van der Waals surface area contributed by atoms with Gasteiger partial charge in [-0.3, -0.25) is 0 Å². The van der Waals surface area contributed by atoms with E-state index in [1.807, 2.05) is 6.07 Å². The van der Waals surface area contributed by atoms with Gasteiger partial charge in [-0.15, -0.1) is 10.2 Å². The summed E-state index contributed by atoms with van der Waals surface area (Å²) in [5.41, 5.74) is 0.663. The van der Waals surface area contributed by atoms with E-state index in [2.05, 4.69) is 15.5 Å². The molecular weight excluding hydrogens is 242 g/mol. The van der Waals surface area contributed by atoms with Crippen LogP contribution in [0.5, 0.6) is 0 Å². The van der Waals surface area contributed by atoms with Crippen molar-refractivity contribution in [3.8, 4) is 0 Å². The van der Waals surface area contributed by atoms with Crippen molar-refractivity contribution < 1.29 is 9.90 Å². The van der Waals surface area contributed by atoms with Crippen LogP contribution in [0.4, 0.5) is 11.5 Å². The Morgan fingerprint density at radius 3 is 2.65 bits per heavy atom. The van der Waals surface area contributed by atoms with E-state index in [0.29, 0.717) is 10.8 Å². The summed E-state index contributed by atoms with van der Waals surface area (Å²) < 4.78 is 0. The quantitative estimate of drug-likeness (QED) is 0.874. The number of aromatic carboxylic acids is 1. The zero-order valence-electron chi connectivity index (χ0n) is 8.59. The van der Waals surface area contributed by atoms with Crippen LogP contribution in [-0.2, 0) is 0 Å². The number of aromatic nitrogens is 2. The number of hydrogen-bond acceptors (Lipinski definition) is 4. The number of rotatable bonds is 3. The lowest BCUT2D eigenvalue weighted by Crippen LogP contribution is -2.03. The maximum Gasteiger partial charge on any atom is 0.356 e. The lowest BCUT2D eigenvalue weighted by atomic mass is 10.3. The monoisotopic (exact) mass is 249 g/mol. The van der Waals surface area contributed by atoms with Crippen LogP contribution >= 0.6 is 11.6 Å². The zero-order chi connectivity index (χ0) is 12.3. The molecule has 2 N–H and O–H groups in total. The van der Waals surface area contributed by atoms with Gasteiger partial charge in [0, 0.05) is 10.7 Å². The summed E-state index contributed by atoms with van der Waals surface area (Å²) in [6.07, 6.45) is 0. The third kappa shape index (κ3) is 2.92. The average Bonchev–Trinajstić information content (AvgIpc) is 2.29. The summed E-state index contributed by atoms with van der Waals surface area (Å²) in [7, 11) is 0. The number of nitrogens with zero attached hydrogens (tertiary/aromatic N) is 2. The minimum atomic E-state index is -1.10. The van der Waals surface area contributed by atoms with Gasteiger partial charge in [0.2, 0.25) is 0 Å². The van der Waals surface area contributed by atoms with E-state index in [0.717, 1.165) is 5.69 Å². The molecule has 0 amide bonds. The van der Waals surface area contributed by atoms with Crippen LogP contribution in [0.3, 0.4) is 0 Å². The molecule has 0 aliphatic rings. The third-order valence-corrected chi connectivity index (χ3v) is 2.22. The molecule has 0 radical (unpaired) electrons. The number of carboxylic acids is 1. The highest BCUT2D eigenvalue weighted by Gasteiger charge is 2.05. The summed E-state index contributed by atoms with van der Waals surface area (Å²) in [5.74, 6) is -0.649. The Morgan fingerprint density at radius 2 is 2.06 bits per heavy atom. The molecule has 6 heteroatoms. The van der Waals surface area contributed by atoms with E-state index in [1.165, 1.54) is 12.1 Å². The van der Waals surface area contributed by atoms with Crippen molar-refractivity contribution in [3.63, 3.8) is 0 Å². The first-order valence-electron chi connectivity index (χ1n) is 4.75. The molecule has 1 aromatic heterocycles. The molecule has 17 heavy (non-hydrogen) atoms. The first kappa shape index (κ1) is 11.3. The summed E-state index contributed by atoms with van der Waals surface area (Å²) in [6.45, 7) is 0. The van der Waals surface area contributed by atoms with Gasteiger partial charge < -0.3 is 10.4 Å². The molecule has 2 aromatic rings. The summed E-state index contributed by atoms with van der Waals surface area (Å²) >= 11 is 5.82. The van der Waals surface area contributed by atoms with Crippen molar-refractivity contribution >= 4 is 29.1 Å². The molecular formula is C11H8ClN3O2. The molecule has 0 atom stereocenters. The van der Waals surface area contributed by atoms with Gasteiger partial charge in [0.1, 0.15) is 0 Å². The smallest absolute Gasteiger partial charge is 0.356 e.